The number of nitrogens with zero attached hydrogens (tertiary/aromatic N) is 1. The lowest BCUT2D eigenvalue weighted by Crippen LogP contribution is -2.38. The summed E-state index contributed by atoms with van der Waals surface area (Å²) in [6.07, 6.45) is 4.56. The number of aliphatic hydroxyl groups is 1. The first-order valence-electron chi connectivity index (χ1n) is 7.64. The van der Waals surface area contributed by atoms with E-state index in [4.69, 9.17) is 5.11 Å². The Hall–Kier alpha value is -1.79. The molecule has 1 aromatic carbocycles. The summed E-state index contributed by atoms with van der Waals surface area (Å²) in [6.45, 7) is 4.77. The van der Waals surface area contributed by atoms with Gasteiger partial charge in [-0.2, -0.15) is 0 Å². The van der Waals surface area contributed by atoms with E-state index in [1.165, 1.54) is 12.8 Å². The highest BCUT2D eigenvalue weighted by Gasteiger charge is 2.23. The average Bonchev–Trinajstić information content (AvgIpc) is 2.68. The molecule has 0 saturated carbocycles. The Labute approximate surface area is 127 Å². The molecule has 1 aliphatic heterocycles. The third kappa shape index (κ3) is 4.09. The summed E-state index contributed by atoms with van der Waals surface area (Å²) in [7, 11) is 0. The van der Waals surface area contributed by atoms with Crippen molar-refractivity contribution in [1.82, 2.24) is 4.90 Å². The minimum Gasteiger partial charge on any atom is -0.384 e. The molecule has 0 radical (unpaired) electrons. The van der Waals surface area contributed by atoms with Crippen LogP contribution in [0.15, 0.2) is 18.2 Å². The molecule has 1 saturated heterocycles. The van der Waals surface area contributed by atoms with Crippen molar-refractivity contribution in [1.29, 1.82) is 0 Å². The fraction of sp³-hybridized carbons (Fsp3) is 0.500. The Morgan fingerprint density at radius 2 is 2.14 bits per heavy atom. The zero-order valence-electron chi connectivity index (χ0n) is 12.9. The van der Waals surface area contributed by atoms with E-state index in [9.17, 15) is 4.79 Å². The Balaban J connectivity index is 2.27. The molecule has 1 aromatic rings. The van der Waals surface area contributed by atoms with Gasteiger partial charge in [-0.15, -0.1) is 0 Å². The molecule has 1 heterocycles. The number of carbonyl (C=O) groups excluding carboxylic acids is 1. The van der Waals surface area contributed by atoms with E-state index in [1.54, 1.807) is 0 Å². The summed E-state index contributed by atoms with van der Waals surface area (Å²) in [5.41, 5.74) is 2.51. The Bertz CT molecular complexity index is 568. The van der Waals surface area contributed by atoms with E-state index in [-0.39, 0.29) is 12.5 Å². The number of carbonyl (C=O) groups is 1. The van der Waals surface area contributed by atoms with Gasteiger partial charge in [-0.25, -0.2) is 0 Å². The van der Waals surface area contributed by atoms with Crippen LogP contribution in [-0.2, 0) is 0 Å². The monoisotopic (exact) mass is 285 g/mol. The highest BCUT2D eigenvalue weighted by Crippen LogP contribution is 2.20. The maximum absolute atomic E-state index is 12.8. The van der Waals surface area contributed by atoms with Gasteiger partial charge in [0.15, 0.2) is 0 Å². The molecular formula is C18H23NO2. The smallest absolute Gasteiger partial charge is 0.254 e. The highest BCUT2D eigenvalue weighted by molar-refractivity contribution is 5.95. The van der Waals surface area contributed by atoms with Crippen LogP contribution in [0.5, 0.6) is 0 Å². The van der Waals surface area contributed by atoms with Crippen molar-refractivity contribution in [2.75, 3.05) is 13.2 Å². The van der Waals surface area contributed by atoms with Crippen molar-refractivity contribution in [2.24, 2.45) is 0 Å². The van der Waals surface area contributed by atoms with E-state index in [2.05, 4.69) is 18.8 Å². The van der Waals surface area contributed by atoms with Crippen molar-refractivity contribution in [3.8, 4) is 11.8 Å². The third-order valence-electron chi connectivity index (χ3n) is 3.95. The molecule has 3 nitrogen and oxygen atoms in total. The number of hydrogen-bond donors (Lipinski definition) is 1. The second-order valence-electron chi connectivity index (χ2n) is 5.74. The van der Waals surface area contributed by atoms with Crippen molar-refractivity contribution in [3.63, 3.8) is 0 Å². The number of rotatable bonds is 1. The summed E-state index contributed by atoms with van der Waals surface area (Å²) in [4.78, 5) is 14.8. The van der Waals surface area contributed by atoms with E-state index in [1.807, 2.05) is 30.0 Å². The van der Waals surface area contributed by atoms with Crippen LogP contribution < -0.4 is 0 Å². The lowest BCUT2D eigenvalue weighted by Gasteiger charge is -2.27. The summed E-state index contributed by atoms with van der Waals surface area (Å²) in [5, 5.41) is 8.80. The van der Waals surface area contributed by atoms with Gasteiger partial charge in [0.2, 0.25) is 0 Å². The molecule has 1 amide bonds. The second kappa shape index (κ2) is 7.28. The number of likely N-dealkylation sites (tertiary alicyclic amines) is 1. The van der Waals surface area contributed by atoms with E-state index in [0.717, 1.165) is 30.5 Å². The molecule has 2 rings (SSSR count). The first-order valence-corrected chi connectivity index (χ1v) is 7.64. The van der Waals surface area contributed by atoms with Gasteiger partial charge in [-0.05, 0) is 50.5 Å². The zero-order chi connectivity index (χ0) is 15.2. The maximum atomic E-state index is 12.8. The van der Waals surface area contributed by atoms with Crippen LogP contribution in [0.25, 0.3) is 0 Å². The molecule has 1 N–H and O–H groups in total. The van der Waals surface area contributed by atoms with Crippen LogP contribution in [-0.4, -0.2) is 35.1 Å². The number of amides is 1. The lowest BCUT2D eigenvalue weighted by molar-refractivity contribution is 0.0697. The van der Waals surface area contributed by atoms with Gasteiger partial charge in [0, 0.05) is 23.7 Å². The summed E-state index contributed by atoms with van der Waals surface area (Å²) in [5.74, 6) is 5.62. The quantitative estimate of drug-likeness (QED) is 0.806. The summed E-state index contributed by atoms with van der Waals surface area (Å²) >= 11 is 0. The van der Waals surface area contributed by atoms with E-state index in [0.29, 0.717) is 11.6 Å². The minimum atomic E-state index is -0.166. The van der Waals surface area contributed by atoms with Gasteiger partial charge in [0.05, 0.1) is 0 Å². The summed E-state index contributed by atoms with van der Waals surface area (Å²) in [6, 6.07) is 5.98. The topological polar surface area (TPSA) is 40.5 Å². The Morgan fingerprint density at radius 1 is 1.33 bits per heavy atom. The van der Waals surface area contributed by atoms with Crippen LogP contribution in [0.2, 0.25) is 0 Å². The lowest BCUT2D eigenvalue weighted by atomic mass is 10.0. The number of aryl methyl sites for hydroxylation is 1. The van der Waals surface area contributed by atoms with E-state index >= 15 is 0 Å². The van der Waals surface area contributed by atoms with Gasteiger partial charge >= 0.3 is 0 Å². The number of aliphatic hydroxyl groups excluding tert-OH is 1. The molecule has 0 bridgehead atoms. The zero-order valence-corrected chi connectivity index (χ0v) is 12.9. The van der Waals surface area contributed by atoms with Gasteiger partial charge in [0.1, 0.15) is 6.61 Å². The molecule has 1 atom stereocenters. The molecule has 3 heteroatoms. The van der Waals surface area contributed by atoms with Gasteiger partial charge in [-0.3, -0.25) is 4.79 Å². The van der Waals surface area contributed by atoms with Gasteiger partial charge < -0.3 is 10.0 Å². The molecule has 0 spiro atoms. The van der Waals surface area contributed by atoms with Crippen molar-refractivity contribution < 1.29 is 9.90 Å². The van der Waals surface area contributed by atoms with Crippen molar-refractivity contribution in [3.05, 3.63) is 34.9 Å². The molecule has 1 fully saturated rings. The number of benzene rings is 1. The van der Waals surface area contributed by atoms with E-state index < -0.39 is 0 Å². The van der Waals surface area contributed by atoms with Crippen molar-refractivity contribution in [2.45, 2.75) is 45.6 Å². The van der Waals surface area contributed by atoms with Crippen LogP contribution in [0.4, 0.5) is 0 Å². The predicted molar refractivity (Wildman–Crippen MR) is 84.1 cm³/mol. The van der Waals surface area contributed by atoms with Gasteiger partial charge in [0.25, 0.3) is 5.91 Å². The first-order chi connectivity index (χ1) is 10.1. The summed E-state index contributed by atoms with van der Waals surface area (Å²) < 4.78 is 0. The molecule has 1 aliphatic rings. The Kier molecular flexibility index (Phi) is 5.41. The maximum Gasteiger partial charge on any atom is 0.254 e. The normalized spacial score (nSPS) is 18.6. The fourth-order valence-corrected chi connectivity index (χ4v) is 2.86. The highest BCUT2D eigenvalue weighted by atomic mass is 16.2. The van der Waals surface area contributed by atoms with Crippen LogP contribution in [0.3, 0.4) is 0 Å². The number of hydrogen-bond acceptors (Lipinski definition) is 2. The average molecular weight is 285 g/mol. The molecule has 21 heavy (non-hydrogen) atoms. The fourth-order valence-electron chi connectivity index (χ4n) is 2.86. The largest absolute Gasteiger partial charge is 0.384 e. The molecular weight excluding hydrogens is 262 g/mol. The standard InChI is InChI=1S/C18H23NO2/c1-14-11-16(8-6-10-20)13-17(12-14)18(21)19-9-5-3-4-7-15(19)2/h11-13,15,20H,3-5,7,9-10H2,1-2H3. The SMILES string of the molecule is Cc1cc(C#CCO)cc(C(=O)N2CCCCCC2C)c1. The van der Waals surface area contributed by atoms with Crippen LogP contribution >= 0.6 is 0 Å². The van der Waals surface area contributed by atoms with Crippen LogP contribution in [0.1, 0.15) is 54.1 Å². The first kappa shape index (κ1) is 15.6. The molecule has 0 aliphatic carbocycles. The predicted octanol–water partition coefficient (Wildman–Crippen LogP) is 2.74. The van der Waals surface area contributed by atoms with Crippen LogP contribution in [0, 0.1) is 18.8 Å². The molecule has 1 unspecified atom stereocenters. The molecule has 0 aromatic heterocycles. The third-order valence-corrected chi connectivity index (χ3v) is 3.95. The molecule has 112 valence electrons. The van der Waals surface area contributed by atoms with Crippen molar-refractivity contribution >= 4 is 5.91 Å². The van der Waals surface area contributed by atoms with Gasteiger partial charge in [-0.1, -0.05) is 24.7 Å². The second-order valence-corrected chi connectivity index (χ2v) is 5.74. The minimum absolute atomic E-state index is 0.0974. The Morgan fingerprint density at radius 3 is 2.90 bits per heavy atom.